The number of anilines is 1. The van der Waals surface area contributed by atoms with E-state index in [2.05, 4.69) is 10.2 Å². The van der Waals surface area contributed by atoms with Gasteiger partial charge < -0.3 is 5.11 Å². The summed E-state index contributed by atoms with van der Waals surface area (Å²) in [4.78, 5) is 27.7. The average molecular weight is 481 g/mol. The summed E-state index contributed by atoms with van der Waals surface area (Å²) < 4.78 is 1.50. The molecule has 0 fully saturated rings. The molecule has 182 valence electrons. The number of phenols is 1. The highest BCUT2D eigenvalue weighted by molar-refractivity contribution is 6.15. The molecule has 0 bridgehead atoms. The van der Waals surface area contributed by atoms with Crippen molar-refractivity contribution in [1.82, 2.24) is 9.78 Å². The van der Waals surface area contributed by atoms with Crippen molar-refractivity contribution < 1.29 is 9.90 Å². The Morgan fingerprint density at radius 3 is 2.08 bits per heavy atom. The first-order chi connectivity index (χ1) is 17.2. The van der Waals surface area contributed by atoms with Gasteiger partial charge in [0.05, 0.1) is 17.3 Å². The summed E-state index contributed by atoms with van der Waals surface area (Å²) in [6.07, 6.45) is 0. The summed E-state index contributed by atoms with van der Waals surface area (Å²) in [5.41, 5.74) is 5.72. The number of aromatic nitrogens is 2. The van der Waals surface area contributed by atoms with Gasteiger partial charge in [-0.15, -0.1) is 0 Å². The summed E-state index contributed by atoms with van der Waals surface area (Å²) in [5, 5.41) is 19.5. The molecule has 0 aliphatic carbocycles. The minimum Gasteiger partial charge on any atom is -0.508 e. The zero-order chi connectivity index (χ0) is 25.6. The zero-order valence-corrected chi connectivity index (χ0v) is 20.7. The molecule has 0 saturated heterocycles. The van der Waals surface area contributed by atoms with Gasteiger partial charge in [-0.1, -0.05) is 47.5 Å². The molecule has 0 saturated carbocycles. The number of hydrogen-bond acceptors (Lipinski definition) is 4. The summed E-state index contributed by atoms with van der Waals surface area (Å²) in [6, 6.07) is 22.0. The predicted molar refractivity (Wildman–Crippen MR) is 141 cm³/mol. The Balaban J connectivity index is 1.65. The van der Waals surface area contributed by atoms with Crippen LogP contribution in [0.5, 0.6) is 5.75 Å². The lowest BCUT2D eigenvalue weighted by atomic mass is 9.78. The van der Waals surface area contributed by atoms with E-state index in [-0.39, 0.29) is 17.2 Å². The quantitative estimate of drug-likeness (QED) is 0.423. The van der Waals surface area contributed by atoms with Gasteiger partial charge in [0.1, 0.15) is 5.75 Å². The number of aromatic amines is 1. The van der Waals surface area contributed by atoms with Gasteiger partial charge in [-0.05, 0) is 69.7 Å². The van der Waals surface area contributed by atoms with Crippen molar-refractivity contribution in [2.75, 3.05) is 5.01 Å². The van der Waals surface area contributed by atoms with Crippen LogP contribution in [0.2, 0.25) is 0 Å². The van der Waals surface area contributed by atoms with Crippen molar-refractivity contribution in [2.45, 2.75) is 33.6 Å². The van der Waals surface area contributed by atoms with E-state index < -0.39 is 11.8 Å². The molecule has 3 aromatic carbocycles. The lowest BCUT2D eigenvalue weighted by Gasteiger charge is -2.23. The number of hydrogen-bond donors (Lipinski definition) is 2. The van der Waals surface area contributed by atoms with Crippen LogP contribution in [0.1, 0.15) is 40.8 Å². The molecule has 1 amide bonds. The van der Waals surface area contributed by atoms with Gasteiger partial charge in [0, 0.05) is 22.9 Å². The number of nitrogens with zero attached hydrogens (tertiary/aromatic N) is 3. The van der Waals surface area contributed by atoms with E-state index in [9.17, 15) is 14.7 Å². The first-order valence-electron chi connectivity index (χ1n) is 11.9. The van der Waals surface area contributed by atoms with Gasteiger partial charge in [-0.3, -0.25) is 14.7 Å². The molecule has 1 aliphatic rings. The Morgan fingerprint density at radius 2 is 1.47 bits per heavy atom. The lowest BCUT2D eigenvalue weighted by molar-refractivity contribution is -0.120. The van der Waals surface area contributed by atoms with Gasteiger partial charge in [0.25, 0.3) is 11.5 Å². The highest BCUT2D eigenvalue weighted by atomic mass is 16.3. The Bertz CT molecular complexity index is 1530. The predicted octanol–water partition coefficient (Wildman–Crippen LogP) is 4.97. The van der Waals surface area contributed by atoms with Crippen molar-refractivity contribution in [3.8, 4) is 11.4 Å². The maximum Gasteiger partial charge on any atom is 0.275 e. The summed E-state index contributed by atoms with van der Waals surface area (Å²) in [7, 11) is 0. The second kappa shape index (κ2) is 9.00. The fourth-order valence-electron chi connectivity index (χ4n) is 4.88. The van der Waals surface area contributed by atoms with Crippen molar-refractivity contribution >= 4 is 17.3 Å². The van der Waals surface area contributed by atoms with E-state index in [0.29, 0.717) is 33.9 Å². The number of carbonyl (C=O) groups is 1. The molecule has 2 N–H and O–H groups in total. The fraction of sp³-hybridized carbons (Fsp3) is 0.207. The molecule has 0 unspecified atom stereocenters. The minimum absolute atomic E-state index is 0.0694. The van der Waals surface area contributed by atoms with E-state index in [0.717, 1.165) is 11.1 Å². The van der Waals surface area contributed by atoms with Crippen LogP contribution in [0.4, 0.5) is 5.69 Å². The van der Waals surface area contributed by atoms with Gasteiger partial charge in [0.15, 0.2) is 0 Å². The van der Waals surface area contributed by atoms with Crippen LogP contribution in [0.25, 0.3) is 5.69 Å². The van der Waals surface area contributed by atoms with E-state index in [4.69, 9.17) is 0 Å². The molecular weight excluding hydrogens is 452 g/mol. The number of phenolic OH excluding ortho intramolecular Hbond substituents is 1. The third-order valence-corrected chi connectivity index (χ3v) is 6.74. The van der Waals surface area contributed by atoms with Crippen LogP contribution in [0.15, 0.2) is 82.7 Å². The first-order valence-corrected chi connectivity index (χ1v) is 11.9. The lowest BCUT2D eigenvalue weighted by Crippen LogP contribution is -2.34. The topological polar surface area (TPSA) is 90.7 Å². The zero-order valence-electron chi connectivity index (χ0n) is 20.7. The first kappa shape index (κ1) is 23.4. The number of amides is 1. The van der Waals surface area contributed by atoms with E-state index in [1.807, 2.05) is 82.3 Å². The molecule has 0 radical (unpaired) electrons. The summed E-state index contributed by atoms with van der Waals surface area (Å²) >= 11 is 0. The number of carbonyl (C=O) groups excluding carboxylic acids is 1. The van der Waals surface area contributed by atoms with Gasteiger partial charge >= 0.3 is 0 Å². The van der Waals surface area contributed by atoms with Crippen molar-refractivity contribution in [3.05, 3.63) is 111 Å². The minimum atomic E-state index is -0.707. The van der Waals surface area contributed by atoms with E-state index >= 15 is 0 Å². The highest BCUT2D eigenvalue weighted by Gasteiger charge is 2.43. The molecule has 36 heavy (non-hydrogen) atoms. The van der Waals surface area contributed by atoms with E-state index in [1.165, 1.54) is 9.69 Å². The van der Waals surface area contributed by atoms with Crippen LogP contribution in [0.3, 0.4) is 0 Å². The third kappa shape index (κ3) is 4.02. The number of benzene rings is 3. The molecule has 1 aromatic heterocycles. The molecule has 5 rings (SSSR count). The van der Waals surface area contributed by atoms with Crippen LogP contribution < -0.4 is 10.6 Å². The van der Waals surface area contributed by atoms with Crippen LogP contribution in [-0.2, 0) is 4.79 Å². The summed E-state index contributed by atoms with van der Waals surface area (Å²) in [6.45, 7) is 7.62. The Morgan fingerprint density at radius 1 is 0.861 bits per heavy atom. The highest BCUT2D eigenvalue weighted by Crippen LogP contribution is 2.39. The van der Waals surface area contributed by atoms with Gasteiger partial charge in [0.2, 0.25) is 0 Å². The van der Waals surface area contributed by atoms with Gasteiger partial charge in [-0.25, -0.2) is 9.69 Å². The monoisotopic (exact) mass is 480 g/mol. The van der Waals surface area contributed by atoms with Crippen molar-refractivity contribution in [2.24, 2.45) is 11.0 Å². The number of aromatic hydroxyl groups is 1. The smallest absolute Gasteiger partial charge is 0.275 e. The molecule has 2 atom stereocenters. The van der Waals surface area contributed by atoms with Crippen LogP contribution in [-0.4, -0.2) is 26.5 Å². The SMILES string of the molecule is CC1=NN(c2ccc(C)cc2)C(=O)[C@@H]1[C@H](c1cccc(O)c1)c1c(C)[nH]n(-c2ccc(C)cc2)c1=O. The third-order valence-electron chi connectivity index (χ3n) is 6.74. The molecule has 7 nitrogen and oxygen atoms in total. The number of H-pyrrole nitrogens is 1. The number of rotatable bonds is 5. The largest absolute Gasteiger partial charge is 0.508 e. The molecular formula is C29H28N4O3. The maximum atomic E-state index is 13.8. The average Bonchev–Trinajstić information content (AvgIpc) is 3.31. The molecule has 1 aliphatic heterocycles. The van der Waals surface area contributed by atoms with Crippen molar-refractivity contribution in [1.29, 1.82) is 0 Å². The molecule has 7 heteroatoms. The second-order valence-corrected chi connectivity index (χ2v) is 9.40. The number of hydrazone groups is 1. The second-order valence-electron chi connectivity index (χ2n) is 9.40. The standard InChI is InChI=1S/C29H28N4O3/c1-17-8-12-22(13-9-17)32-28(35)25(19(3)30-32)27(21-6-5-7-24(34)16-21)26-20(4)31-33(29(26)36)23-14-10-18(2)11-15-23/h5-16,25,27,31,34H,1-4H3/t25-,27-/m0/s1. The normalized spacial score (nSPS) is 16.3. The Kier molecular flexibility index (Phi) is 5.84. The van der Waals surface area contributed by atoms with Crippen LogP contribution in [0, 0.1) is 26.7 Å². The van der Waals surface area contributed by atoms with Gasteiger partial charge in [-0.2, -0.15) is 5.10 Å². The molecule has 2 heterocycles. The Hall–Kier alpha value is -4.39. The fourth-order valence-corrected chi connectivity index (χ4v) is 4.88. The van der Waals surface area contributed by atoms with Crippen molar-refractivity contribution in [3.63, 3.8) is 0 Å². The number of aryl methyl sites for hydroxylation is 3. The Labute approximate surface area is 209 Å². The van der Waals surface area contributed by atoms with E-state index in [1.54, 1.807) is 18.2 Å². The molecule has 4 aromatic rings. The summed E-state index contributed by atoms with van der Waals surface area (Å²) in [5.74, 6) is -1.49. The number of nitrogens with one attached hydrogen (secondary N) is 1. The molecule has 0 spiro atoms. The van der Waals surface area contributed by atoms with Crippen LogP contribution >= 0.6 is 0 Å². The maximum absolute atomic E-state index is 13.8.